The number of rotatable bonds is 5. The highest BCUT2D eigenvalue weighted by Gasteiger charge is 1.99. The van der Waals surface area contributed by atoms with Crippen molar-refractivity contribution < 1.29 is 0 Å². The van der Waals surface area contributed by atoms with Crippen molar-refractivity contribution in [2.75, 3.05) is 7.05 Å². The molecule has 0 saturated heterocycles. The Morgan fingerprint density at radius 1 is 1.38 bits per heavy atom. The second kappa shape index (κ2) is 6.74. The number of aliphatic imine (C=N–C) groups is 1. The monoisotopic (exact) mass is 213 g/mol. The van der Waals surface area contributed by atoms with Crippen molar-refractivity contribution in [1.82, 2.24) is 5.32 Å². The number of likely N-dealkylation sites (N-methyl/N-ethyl adjacent to an activating group) is 1. The molecule has 0 aliphatic carbocycles. The van der Waals surface area contributed by atoms with E-state index >= 15 is 0 Å². The Morgan fingerprint density at radius 2 is 2.00 bits per heavy atom. The zero-order chi connectivity index (χ0) is 12.6. The zero-order valence-electron chi connectivity index (χ0n) is 8.91. The molecule has 16 heavy (non-hydrogen) atoms. The lowest BCUT2D eigenvalue weighted by atomic mass is 10.2. The third-order valence-electron chi connectivity index (χ3n) is 1.53. The maximum absolute atomic E-state index is 8.45. The van der Waals surface area contributed by atoms with Crippen LogP contribution in [0, 0.1) is 28.1 Å². The molecule has 0 atom stereocenters. The quantitative estimate of drug-likeness (QED) is 0.409. The van der Waals surface area contributed by atoms with Crippen LogP contribution in [-0.4, -0.2) is 19.0 Å². The first kappa shape index (κ1) is 13.3. The predicted molar refractivity (Wildman–Crippen MR) is 62.9 cm³/mol. The second-order valence-corrected chi connectivity index (χ2v) is 2.68. The van der Waals surface area contributed by atoms with Crippen molar-refractivity contribution in [3.63, 3.8) is 0 Å². The van der Waals surface area contributed by atoms with Crippen LogP contribution in [0.4, 0.5) is 0 Å². The van der Waals surface area contributed by atoms with E-state index in [4.69, 9.17) is 15.9 Å². The van der Waals surface area contributed by atoms with Crippen molar-refractivity contribution in [2.24, 2.45) is 4.99 Å². The van der Waals surface area contributed by atoms with Gasteiger partial charge in [-0.1, -0.05) is 13.2 Å². The SMILES string of the molecule is C=C(C#N)/N=C/C(=C)/C(=C/C(=N)C#N)NC. The van der Waals surface area contributed by atoms with Crippen molar-refractivity contribution in [3.8, 4) is 12.1 Å². The lowest BCUT2D eigenvalue weighted by Gasteiger charge is -2.04. The van der Waals surface area contributed by atoms with Crippen LogP contribution in [0.5, 0.6) is 0 Å². The molecule has 80 valence electrons. The molecule has 0 heterocycles. The second-order valence-electron chi connectivity index (χ2n) is 2.68. The summed E-state index contributed by atoms with van der Waals surface area (Å²) in [5.74, 6) is 0. The van der Waals surface area contributed by atoms with Gasteiger partial charge in [-0.3, -0.25) is 5.41 Å². The molecular weight excluding hydrogens is 202 g/mol. The van der Waals surface area contributed by atoms with E-state index < -0.39 is 0 Å². The fourth-order valence-electron chi connectivity index (χ4n) is 0.756. The molecule has 0 aromatic carbocycles. The molecule has 0 aliphatic heterocycles. The molecule has 0 saturated carbocycles. The van der Waals surface area contributed by atoms with Crippen LogP contribution >= 0.6 is 0 Å². The lowest BCUT2D eigenvalue weighted by Crippen LogP contribution is -2.10. The normalized spacial score (nSPS) is 10.3. The minimum Gasteiger partial charge on any atom is -0.388 e. The smallest absolute Gasteiger partial charge is 0.134 e. The van der Waals surface area contributed by atoms with E-state index in [1.807, 2.05) is 0 Å². The largest absolute Gasteiger partial charge is 0.388 e. The third kappa shape index (κ3) is 4.54. The molecule has 0 rings (SSSR count). The van der Waals surface area contributed by atoms with Crippen molar-refractivity contribution in [2.45, 2.75) is 0 Å². The van der Waals surface area contributed by atoms with Crippen LogP contribution in [0.2, 0.25) is 0 Å². The average Bonchev–Trinajstić information content (AvgIpc) is 2.31. The summed E-state index contributed by atoms with van der Waals surface area (Å²) in [6.45, 7) is 7.06. The first-order valence-electron chi connectivity index (χ1n) is 4.25. The minimum absolute atomic E-state index is 0.0620. The summed E-state index contributed by atoms with van der Waals surface area (Å²) in [6, 6.07) is 3.43. The Labute approximate surface area is 94.2 Å². The molecule has 0 amide bonds. The molecule has 0 aromatic rings. The molecule has 0 bridgehead atoms. The molecule has 0 aliphatic rings. The summed E-state index contributed by atoms with van der Waals surface area (Å²) in [7, 11) is 1.63. The molecule has 0 radical (unpaired) electrons. The van der Waals surface area contributed by atoms with Crippen LogP contribution in [-0.2, 0) is 0 Å². The van der Waals surface area contributed by atoms with Gasteiger partial charge in [-0.25, -0.2) is 4.99 Å². The highest BCUT2D eigenvalue weighted by atomic mass is 14.8. The van der Waals surface area contributed by atoms with Gasteiger partial charge in [0, 0.05) is 24.5 Å². The van der Waals surface area contributed by atoms with E-state index in [2.05, 4.69) is 23.5 Å². The highest BCUT2D eigenvalue weighted by molar-refractivity contribution is 6.06. The maximum Gasteiger partial charge on any atom is 0.134 e. The number of nitriles is 2. The van der Waals surface area contributed by atoms with Crippen LogP contribution in [0.3, 0.4) is 0 Å². The van der Waals surface area contributed by atoms with Crippen molar-refractivity contribution in [1.29, 1.82) is 15.9 Å². The van der Waals surface area contributed by atoms with E-state index in [1.54, 1.807) is 19.2 Å². The summed E-state index contributed by atoms with van der Waals surface area (Å²) in [5, 5.41) is 26.8. The maximum atomic E-state index is 8.45. The topological polar surface area (TPSA) is 95.8 Å². The summed E-state index contributed by atoms with van der Waals surface area (Å²) >= 11 is 0. The molecule has 0 aromatic heterocycles. The number of hydrogen-bond donors (Lipinski definition) is 2. The van der Waals surface area contributed by atoms with Crippen molar-refractivity contribution >= 4 is 11.9 Å². The van der Waals surface area contributed by atoms with Gasteiger partial charge in [0.2, 0.25) is 0 Å². The van der Waals surface area contributed by atoms with Crippen LogP contribution in [0.25, 0.3) is 0 Å². The highest BCUT2D eigenvalue weighted by Crippen LogP contribution is 2.02. The molecule has 0 spiro atoms. The molecule has 5 heteroatoms. The summed E-state index contributed by atoms with van der Waals surface area (Å²) < 4.78 is 0. The van der Waals surface area contributed by atoms with Gasteiger partial charge in [-0.15, -0.1) is 0 Å². The van der Waals surface area contributed by atoms with Gasteiger partial charge >= 0.3 is 0 Å². The minimum atomic E-state index is -0.196. The average molecular weight is 213 g/mol. The summed E-state index contributed by atoms with van der Waals surface area (Å²) in [6.07, 6.45) is 2.67. The van der Waals surface area contributed by atoms with E-state index in [9.17, 15) is 0 Å². The Bertz CT molecular complexity index is 454. The molecule has 5 nitrogen and oxygen atoms in total. The molecule has 2 N–H and O–H groups in total. The molecule has 0 fully saturated rings. The van der Waals surface area contributed by atoms with E-state index in [-0.39, 0.29) is 11.4 Å². The van der Waals surface area contributed by atoms with Gasteiger partial charge in [0.15, 0.2) is 0 Å². The number of allylic oxidation sites excluding steroid dienone is 3. The number of nitrogens with zero attached hydrogens (tertiary/aromatic N) is 3. The number of nitrogens with one attached hydrogen (secondary N) is 2. The van der Waals surface area contributed by atoms with Crippen LogP contribution in [0.1, 0.15) is 0 Å². The standard InChI is InChI=1S/C11H11N5/c1-8(7-16-9(2)5-12)11(15-3)4-10(14)6-13/h4,7,14-15H,1-2H2,3H3/b11-4-,14-10?,16-7+. The Kier molecular flexibility index (Phi) is 5.62. The predicted octanol–water partition coefficient (Wildman–Crippen LogP) is 1.30. The number of hydrogen-bond acceptors (Lipinski definition) is 5. The van der Waals surface area contributed by atoms with Gasteiger partial charge < -0.3 is 5.32 Å². The third-order valence-corrected chi connectivity index (χ3v) is 1.53. The molecular formula is C11H11N5. The fourth-order valence-corrected chi connectivity index (χ4v) is 0.756. The van der Waals surface area contributed by atoms with Crippen molar-refractivity contribution in [3.05, 3.63) is 36.2 Å². The van der Waals surface area contributed by atoms with Gasteiger partial charge in [0.25, 0.3) is 0 Å². The first-order valence-corrected chi connectivity index (χ1v) is 4.25. The Morgan fingerprint density at radius 3 is 2.44 bits per heavy atom. The summed E-state index contributed by atoms with van der Waals surface area (Å²) in [5.41, 5.74) is 0.810. The Balaban J connectivity index is 4.84. The Hall–Kier alpha value is -2.66. The fraction of sp³-hybridized carbons (Fsp3) is 0.0909. The van der Waals surface area contributed by atoms with Crippen LogP contribution in [0.15, 0.2) is 41.2 Å². The van der Waals surface area contributed by atoms with Gasteiger partial charge in [0.05, 0.1) is 0 Å². The van der Waals surface area contributed by atoms with Gasteiger partial charge in [-0.2, -0.15) is 10.5 Å². The van der Waals surface area contributed by atoms with Gasteiger partial charge in [-0.05, 0) is 6.08 Å². The lowest BCUT2D eigenvalue weighted by molar-refractivity contribution is 1.03. The van der Waals surface area contributed by atoms with Crippen LogP contribution < -0.4 is 5.32 Å². The first-order chi connectivity index (χ1) is 7.54. The summed E-state index contributed by atoms with van der Waals surface area (Å²) in [4.78, 5) is 3.73. The van der Waals surface area contributed by atoms with E-state index in [0.29, 0.717) is 11.3 Å². The van der Waals surface area contributed by atoms with E-state index in [0.717, 1.165) is 0 Å². The van der Waals surface area contributed by atoms with Gasteiger partial charge in [0.1, 0.15) is 23.5 Å². The zero-order valence-corrected chi connectivity index (χ0v) is 8.91. The molecule has 0 unspecified atom stereocenters. The van der Waals surface area contributed by atoms with E-state index in [1.165, 1.54) is 12.3 Å².